The molecule has 0 aliphatic rings. The van der Waals surface area contributed by atoms with Crippen LogP contribution >= 0.6 is 0 Å². The zero-order chi connectivity index (χ0) is 14.7. The Balaban J connectivity index is 1.67. The number of hydrogen-bond donors (Lipinski definition) is 1. The molecule has 0 aromatic carbocycles. The summed E-state index contributed by atoms with van der Waals surface area (Å²) in [4.78, 5) is 16.1. The molecular weight excluding hydrogens is 270 g/mol. The lowest BCUT2D eigenvalue weighted by Crippen LogP contribution is -2.16. The van der Waals surface area contributed by atoms with Crippen LogP contribution in [0.15, 0.2) is 51.7 Å². The number of carbonyl (C=O) groups is 1. The molecule has 3 aromatic rings. The molecule has 0 saturated heterocycles. The normalized spacial score (nSPS) is 10.5. The summed E-state index contributed by atoms with van der Waals surface area (Å²) >= 11 is 0. The highest BCUT2D eigenvalue weighted by Gasteiger charge is 2.13. The minimum absolute atomic E-state index is 0.111. The van der Waals surface area contributed by atoms with Crippen LogP contribution in [0.2, 0.25) is 0 Å². The minimum Gasteiger partial charge on any atom is -0.461 e. The number of carbonyl (C=O) groups excluding carboxylic acids is 1. The van der Waals surface area contributed by atoms with Gasteiger partial charge in [0, 0.05) is 12.3 Å². The molecule has 3 rings (SSSR count). The lowest BCUT2D eigenvalue weighted by Gasteiger charge is -2.05. The van der Waals surface area contributed by atoms with Gasteiger partial charge >= 0.3 is 0 Å². The third-order valence-electron chi connectivity index (χ3n) is 2.93. The number of aryl methyl sites for hydroxylation is 1. The molecule has 1 N–H and O–H groups in total. The fourth-order valence-corrected chi connectivity index (χ4v) is 1.89. The highest BCUT2D eigenvalue weighted by molar-refractivity contribution is 5.91. The van der Waals surface area contributed by atoms with Crippen LogP contribution in [0.1, 0.15) is 11.3 Å². The Hall–Kier alpha value is -2.89. The third-order valence-corrected chi connectivity index (χ3v) is 2.93. The van der Waals surface area contributed by atoms with Gasteiger partial charge in [0.2, 0.25) is 11.7 Å². The quantitative estimate of drug-likeness (QED) is 0.796. The maximum atomic E-state index is 12.0. The van der Waals surface area contributed by atoms with Gasteiger partial charge in [-0.05, 0) is 30.7 Å². The van der Waals surface area contributed by atoms with Crippen molar-refractivity contribution < 1.29 is 13.7 Å². The van der Waals surface area contributed by atoms with Crippen LogP contribution in [-0.2, 0) is 11.2 Å². The van der Waals surface area contributed by atoms with E-state index in [2.05, 4.69) is 15.5 Å². The first-order valence-electron chi connectivity index (χ1n) is 6.43. The van der Waals surface area contributed by atoms with Gasteiger partial charge in [0.1, 0.15) is 5.82 Å². The summed E-state index contributed by atoms with van der Waals surface area (Å²) in [7, 11) is 0. The zero-order valence-corrected chi connectivity index (χ0v) is 11.4. The van der Waals surface area contributed by atoms with Crippen molar-refractivity contribution >= 4 is 11.7 Å². The third kappa shape index (κ3) is 3.00. The molecule has 0 aliphatic carbocycles. The van der Waals surface area contributed by atoms with Crippen LogP contribution in [0.5, 0.6) is 0 Å². The topological polar surface area (TPSA) is 81.2 Å². The van der Waals surface area contributed by atoms with Gasteiger partial charge in [-0.1, -0.05) is 11.2 Å². The van der Waals surface area contributed by atoms with Gasteiger partial charge in [-0.15, -0.1) is 0 Å². The van der Waals surface area contributed by atoms with Crippen LogP contribution < -0.4 is 5.32 Å². The van der Waals surface area contributed by atoms with Crippen LogP contribution in [0.4, 0.5) is 5.82 Å². The lowest BCUT2D eigenvalue weighted by atomic mass is 10.2. The predicted octanol–water partition coefficient (Wildman–Crippen LogP) is 2.82. The highest BCUT2D eigenvalue weighted by atomic mass is 16.5. The summed E-state index contributed by atoms with van der Waals surface area (Å²) in [6.07, 6.45) is 3.29. The molecule has 0 bridgehead atoms. The molecule has 3 aromatic heterocycles. The molecule has 3 heterocycles. The number of nitrogens with zero attached hydrogens (tertiary/aromatic N) is 2. The summed E-state index contributed by atoms with van der Waals surface area (Å²) in [5, 5.41) is 6.61. The van der Waals surface area contributed by atoms with E-state index in [4.69, 9.17) is 8.94 Å². The van der Waals surface area contributed by atoms with Crippen molar-refractivity contribution in [1.82, 2.24) is 10.1 Å². The van der Waals surface area contributed by atoms with E-state index in [1.165, 1.54) is 0 Å². The van der Waals surface area contributed by atoms with Crippen molar-refractivity contribution in [1.29, 1.82) is 0 Å². The predicted molar refractivity (Wildman–Crippen MR) is 75.5 cm³/mol. The van der Waals surface area contributed by atoms with Crippen molar-refractivity contribution in [3.63, 3.8) is 0 Å². The van der Waals surface area contributed by atoms with Gasteiger partial charge < -0.3 is 14.3 Å². The summed E-state index contributed by atoms with van der Waals surface area (Å²) in [6.45, 7) is 1.88. The average Bonchev–Trinajstić information content (AvgIpc) is 3.12. The maximum absolute atomic E-state index is 12.0. The molecule has 0 atom stereocenters. The van der Waals surface area contributed by atoms with E-state index in [1.54, 1.807) is 30.7 Å². The smallest absolute Gasteiger partial charge is 0.231 e. The van der Waals surface area contributed by atoms with Crippen LogP contribution in [0.25, 0.3) is 11.5 Å². The number of anilines is 1. The van der Waals surface area contributed by atoms with Crippen LogP contribution in [0, 0.1) is 6.92 Å². The highest BCUT2D eigenvalue weighted by Crippen LogP contribution is 2.20. The Bertz CT molecular complexity index is 747. The maximum Gasteiger partial charge on any atom is 0.231 e. The molecule has 6 heteroatoms. The number of amides is 1. The first-order valence-corrected chi connectivity index (χ1v) is 6.43. The van der Waals surface area contributed by atoms with E-state index in [-0.39, 0.29) is 12.3 Å². The Morgan fingerprint density at radius 1 is 1.29 bits per heavy atom. The Kier molecular flexibility index (Phi) is 3.51. The molecule has 1 amide bonds. The second kappa shape index (κ2) is 5.62. The molecule has 0 spiro atoms. The number of nitrogens with one attached hydrogen (secondary N) is 1. The monoisotopic (exact) mass is 283 g/mol. The summed E-state index contributed by atoms with van der Waals surface area (Å²) in [6, 6.07) is 8.91. The molecule has 0 saturated carbocycles. The van der Waals surface area contributed by atoms with E-state index >= 15 is 0 Å². The molecule has 0 fully saturated rings. The number of pyridine rings is 1. The Labute approximate surface area is 120 Å². The first-order chi connectivity index (χ1) is 10.2. The second-order valence-corrected chi connectivity index (χ2v) is 4.55. The number of furan rings is 1. The molecule has 6 nitrogen and oxygen atoms in total. The molecule has 106 valence electrons. The lowest BCUT2D eigenvalue weighted by molar-refractivity contribution is -0.115. The second-order valence-electron chi connectivity index (χ2n) is 4.55. The van der Waals surface area contributed by atoms with Crippen molar-refractivity contribution in [2.24, 2.45) is 0 Å². The van der Waals surface area contributed by atoms with Gasteiger partial charge in [-0.3, -0.25) is 4.79 Å². The number of rotatable bonds is 4. The zero-order valence-electron chi connectivity index (χ0n) is 11.4. The molecule has 0 radical (unpaired) electrons. The fraction of sp³-hybridized carbons (Fsp3) is 0.133. The van der Waals surface area contributed by atoms with Gasteiger partial charge in [0.15, 0.2) is 5.76 Å². The first kappa shape index (κ1) is 13.1. The van der Waals surface area contributed by atoms with E-state index in [0.717, 1.165) is 5.56 Å². The van der Waals surface area contributed by atoms with Crippen molar-refractivity contribution in [2.45, 2.75) is 13.3 Å². The van der Waals surface area contributed by atoms with Gasteiger partial charge in [-0.25, -0.2) is 4.98 Å². The van der Waals surface area contributed by atoms with E-state index in [0.29, 0.717) is 23.0 Å². The summed E-state index contributed by atoms with van der Waals surface area (Å²) in [5.74, 6) is 1.43. The van der Waals surface area contributed by atoms with Crippen molar-refractivity contribution in [3.05, 3.63) is 54.0 Å². The fourth-order valence-electron chi connectivity index (χ4n) is 1.89. The molecular formula is C15H13N3O3. The Morgan fingerprint density at radius 2 is 2.19 bits per heavy atom. The largest absolute Gasteiger partial charge is 0.461 e. The minimum atomic E-state index is -0.198. The van der Waals surface area contributed by atoms with Crippen molar-refractivity contribution in [3.8, 4) is 11.5 Å². The van der Waals surface area contributed by atoms with E-state index in [9.17, 15) is 4.79 Å². The van der Waals surface area contributed by atoms with E-state index in [1.807, 2.05) is 19.1 Å². The standard InChI is InChI=1S/C15H13N3O3/c1-10-4-2-6-16-15(10)17-14(19)9-11-8-13(21-18-11)12-5-3-7-20-12/h2-8H,9H2,1H3,(H,16,17,19). The van der Waals surface area contributed by atoms with E-state index < -0.39 is 0 Å². The average molecular weight is 283 g/mol. The summed E-state index contributed by atoms with van der Waals surface area (Å²) in [5.41, 5.74) is 1.44. The molecule has 0 unspecified atom stereocenters. The van der Waals surface area contributed by atoms with Gasteiger partial charge in [-0.2, -0.15) is 0 Å². The van der Waals surface area contributed by atoms with Crippen molar-refractivity contribution in [2.75, 3.05) is 5.32 Å². The summed E-state index contributed by atoms with van der Waals surface area (Å²) < 4.78 is 10.3. The van der Waals surface area contributed by atoms with Crippen LogP contribution in [-0.4, -0.2) is 16.0 Å². The number of aromatic nitrogens is 2. The van der Waals surface area contributed by atoms with Crippen LogP contribution in [0.3, 0.4) is 0 Å². The van der Waals surface area contributed by atoms with Gasteiger partial charge in [0.25, 0.3) is 0 Å². The molecule has 21 heavy (non-hydrogen) atoms. The SMILES string of the molecule is Cc1cccnc1NC(=O)Cc1cc(-c2ccco2)on1. The van der Waals surface area contributed by atoms with Gasteiger partial charge in [0.05, 0.1) is 18.4 Å². The molecule has 0 aliphatic heterocycles. The number of hydrogen-bond acceptors (Lipinski definition) is 5. The Morgan fingerprint density at radius 3 is 2.95 bits per heavy atom.